The fraction of sp³-hybridized carbons (Fsp3) is 0.600. The SMILES string of the molecule is CC(O[C@H]1CCNC1)c1ccc[nH]1. The Hall–Kier alpha value is -0.800. The lowest BCUT2D eigenvalue weighted by Gasteiger charge is -2.16. The van der Waals surface area contributed by atoms with Crippen LogP contribution in [-0.4, -0.2) is 24.2 Å². The molecule has 2 rings (SSSR count). The highest BCUT2D eigenvalue weighted by Crippen LogP contribution is 2.18. The van der Waals surface area contributed by atoms with Gasteiger partial charge in [-0.3, -0.25) is 0 Å². The first-order chi connectivity index (χ1) is 6.36. The Morgan fingerprint density at radius 1 is 1.62 bits per heavy atom. The second kappa shape index (κ2) is 3.94. The van der Waals surface area contributed by atoms with Gasteiger partial charge in [0.05, 0.1) is 12.2 Å². The van der Waals surface area contributed by atoms with Crippen LogP contribution in [0.3, 0.4) is 0 Å². The van der Waals surface area contributed by atoms with E-state index in [4.69, 9.17) is 4.74 Å². The van der Waals surface area contributed by atoms with Crippen LogP contribution >= 0.6 is 0 Å². The van der Waals surface area contributed by atoms with Crippen molar-refractivity contribution in [1.82, 2.24) is 10.3 Å². The van der Waals surface area contributed by atoms with Gasteiger partial charge in [-0.2, -0.15) is 0 Å². The zero-order valence-corrected chi connectivity index (χ0v) is 7.92. The van der Waals surface area contributed by atoms with Crippen molar-refractivity contribution in [2.45, 2.75) is 25.6 Å². The summed E-state index contributed by atoms with van der Waals surface area (Å²) in [5.41, 5.74) is 1.16. The molecule has 1 aliphatic heterocycles. The van der Waals surface area contributed by atoms with Crippen LogP contribution in [0, 0.1) is 0 Å². The lowest BCUT2D eigenvalue weighted by Crippen LogP contribution is -2.18. The molecule has 1 aliphatic rings. The van der Waals surface area contributed by atoms with E-state index in [0.717, 1.165) is 25.2 Å². The molecular weight excluding hydrogens is 164 g/mol. The molecule has 0 aromatic carbocycles. The van der Waals surface area contributed by atoms with E-state index < -0.39 is 0 Å². The summed E-state index contributed by atoms with van der Waals surface area (Å²) in [5.74, 6) is 0. The molecule has 0 amide bonds. The number of rotatable bonds is 3. The Morgan fingerprint density at radius 2 is 2.54 bits per heavy atom. The van der Waals surface area contributed by atoms with Gasteiger partial charge in [-0.25, -0.2) is 0 Å². The molecule has 0 spiro atoms. The number of aromatic amines is 1. The molecule has 0 radical (unpaired) electrons. The van der Waals surface area contributed by atoms with E-state index in [9.17, 15) is 0 Å². The van der Waals surface area contributed by atoms with E-state index in [1.807, 2.05) is 12.3 Å². The molecule has 13 heavy (non-hydrogen) atoms. The first-order valence-electron chi connectivity index (χ1n) is 4.86. The Labute approximate surface area is 78.5 Å². The smallest absolute Gasteiger partial charge is 0.0948 e. The van der Waals surface area contributed by atoms with Gasteiger partial charge in [-0.05, 0) is 32.0 Å². The number of ether oxygens (including phenoxy) is 1. The molecule has 3 heteroatoms. The molecule has 2 atom stereocenters. The van der Waals surface area contributed by atoms with Crippen LogP contribution in [-0.2, 0) is 4.74 Å². The molecule has 0 bridgehead atoms. The summed E-state index contributed by atoms with van der Waals surface area (Å²) in [5, 5.41) is 3.29. The lowest BCUT2D eigenvalue weighted by molar-refractivity contribution is 0.00629. The van der Waals surface area contributed by atoms with Crippen molar-refractivity contribution < 1.29 is 4.74 Å². The largest absolute Gasteiger partial charge is 0.368 e. The summed E-state index contributed by atoms with van der Waals surface area (Å²) in [7, 11) is 0. The van der Waals surface area contributed by atoms with E-state index in [-0.39, 0.29) is 6.10 Å². The Bertz CT molecular complexity index is 239. The molecule has 0 aliphatic carbocycles. The van der Waals surface area contributed by atoms with Gasteiger partial charge in [0.1, 0.15) is 0 Å². The molecule has 72 valence electrons. The normalized spacial score (nSPS) is 24.8. The molecule has 1 fully saturated rings. The lowest BCUT2D eigenvalue weighted by atomic mass is 10.2. The van der Waals surface area contributed by atoms with Crippen LogP contribution in [0.1, 0.15) is 25.1 Å². The molecule has 3 nitrogen and oxygen atoms in total. The first kappa shape index (κ1) is 8.78. The highest BCUT2D eigenvalue weighted by Gasteiger charge is 2.18. The Balaban J connectivity index is 1.87. The third-order valence-electron chi connectivity index (χ3n) is 2.47. The Kier molecular flexibility index (Phi) is 2.66. The second-order valence-corrected chi connectivity index (χ2v) is 3.52. The number of hydrogen-bond donors (Lipinski definition) is 2. The van der Waals surface area contributed by atoms with E-state index in [1.54, 1.807) is 0 Å². The van der Waals surface area contributed by atoms with Gasteiger partial charge in [-0.15, -0.1) is 0 Å². The summed E-state index contributed by atoms with van der Waals surface area (Å²) in [6.07, 6.45) is 3.63. The summed E-state index contributed by atoms with van der Waals surface area (Å²) in [6, 6.07) is 4.06. The van der Waals surface area contributed by atoms with E-state index >= 15 is 0 Å². The molecule has 1 aromatic heterocycles. The van der Waals surface area contributed by atoms with E-state index in [0.29, 0.717) is 6.10 Å². The number of aromatic nitrogens is 1. The number of nitrogens with one attached hydrogen (secondary N) is 2. The molecule has 1 saturated heterocycles. The maximum Gasteiger partial charge on any atom is 0.0948 e. The van der Waals surface area contributed by atoms with Crippen molar-refractivity contribution in [3.05, 3.63) is 24.0 Å². The quantitative estimate of drug-likeness (QED) is 0.738. The summed E-state index contributed by atoms with van der Waals surface area (Å²) in [4.78, 5) is 3.17. The van der Waals surface area contributed by atoms with Gasteiger partial charge in [0.15, 0.2) is 0 Å². The minimum Gasteiger partial charge on any atom is -0.368 e. The van der Waals surface area contributed by atoms with E-state index in [2.05, 4.69) is 23.3 Å². The van der Waals surface area contributed by atoms with Gasteiger partial charge >= 0.3 is 0 Å². The first-order valence-corrected chi connectivity index (χ1v) is 4.86. The maximum atomic E-state index is 5.86. The fourth-order valence-corrected chi connectivity index (χ4v) is 1.70. The van der Waals surface area contributed by atoms with Crippen molar-refractivity contribution in [2.24, 2.45) is 0 Å². The average Bonchev–Trinajstić information content (AvgIpc) is 2.74. The number of hydrogen-bond acceptors (Lipinski definition) is 2. The fourth-order valence-electron chi connectivity index (χ4n) is 1.70. The van der Waals surface area contributed by atoms with Crippen LogP contribution < -0.4 is 5.32 Å². The Morgan fingerprint density at radius 3 is 3.15 bits per heavy atom. The minimum atomic E-state index is 0.180. The molecule has 1 aromatic rings. The van der Waals surface area contributed by atoms with Crippen molar-refractivity contribution >= 4 is 0 Å². The van der Waals surface area contributed by atoms with Crippen LogP contribution in [0.4, 0.5) is 0 Å². The second-order valence-electron chi connectivity index (χ2n) is 3.52. The van der Waals surface area contributed by atoms with Crippen LogP contribution in [0.5, 0.6) is 0 Å². The van der Waals surface area contributed by atoms with Gasteiger partial charge in [0, 0.05) is 18.4 Å². The summed E-state index contributed by atoms with van der Waals surface area (Å²) >= 11 is 0. The van der Waals surface area contributed by atoms with Gasteiger partial charge < -0.3 is 15.0 Å². The van der Waals surface area contributed by atoms with Gasteiger partial charge in [0.2, 0.25) is 0 Å². The zero-order valence-electron chi connectivity index (χ0n) is 7.92. The van der Waals surface area contributed by atoms with Crippen LogP contribution in [0.15, 0.2) is 18.3 Å². The summed E-state index contributed by atoms with van der Waals surface area (Å²) in [6.45, 7) is 4.16. The predicted molar refractivity (Wildman–Crippen MR) is 51.6 cm³/mol. The molecule has 2 N–H and O–H groups in total. The molecular formula is C10H16N2O. The van der Waals surface area contributed by atoms with Crippen LogP contribution in [0.25, 0.3) is 0 Å². The average molecular weight is 180 g/mol. The maximum absolute atomic E-state index is 5.86. The van der Waals surface area contributed by atoms with Crippen molar-refractivity contribution in [3.63, 3.8) is 0 Å². The third-order valence-corrected chi connectivity index (χ3v) is 2.47. The predicted octanol–water partition coefficient (Wildman–Crippen LogP) is 1.45. The number of H-pyrrole nitrogens is 1. The van der Waals surface area contributed by atoms with Crippen LogP contribution in [0.2, 0.25) is 0 Å². The van der Waals surface area contributed by atoms with E-state index in [1.165, 1.54) is 0 Å². The summed E-state index contributed by atoms with van der Waals surface area (Å²) < 4.78 is 5.86. The van der Waals surface area contributed by atoms with Crippen molar-refractivity contribution in [2.75, 3.05) is 13.1 Å². The molecule has 0 saturated carbocycles. The van der Waals surface area contributed by atoms with Gasteiger partial charge in [-0.1, -0.05) is 0 Å². The van der Waals surface area contributed by atoms with Crippen molar-refractivity contribution in [3.8, 4) is 0 Å². The minimum absolute atomic E-state index is 0.180. The monoisotopic (exact) mass is 180 g/mol. The van der Waals surface area contributed by atoms with Gasteiger partial charge in [0.25, 0.3) is 0 Å². The highest BCUT2D eigenvalue weighted by molar-refractivity contribution is 5.06. The highest BCUT2D eigenvalue weighted by atomic mass is 16.5. The molecule has 1 unspecified atom stereocenters. The standard InChI is InChI=1S/C10H16N2O/c1-8(10-3-2-5-12-10)13-9-4-6-11-7-9/h2-3,5,8-9,11-12H,4,6-7H2,1H3/t8?,9-/m0/s1. The zero-order chi connectivity index (χ0) is 9.10. The topological polar surface area (TPSA) is 37.0 Å². The third kappa shape index (κ3) is 2.11. The van der Waals surface area contributed by atoms with Crippen molar-refractivity contribution in [1.29, 1.82) is 0 Å². The molecule has 2 heterocycles.